The van der Waals surface area contributed by atoms with E-state index < -0.39 is 6.61 Å². The molecule has 0 bridgehead atoms. The number of halogens is 2. The number of rotatable bonds is 3. The highest BCUT2D eigenvalue weighted by atomic mass is 19.3. The van der Waals surface area contributed by atoms with Gasteiger partial charge in [-0.1, -0.05) is 0 Å². The molecule has 1 radical (unpaired) electrons. The van der Waals surface area contributed by atoms with Gasteiger partial charge in [0.2, 0.25) is 0 Å². The van der Waals surface area contributed by atoms with Crippen LogP contribution in [-0.2, 0) is 0 Å². The molecule has 1 aromatic heterocycles. The Kier molecular flexibility index (Phi) is 2.79. The summed E-state index contributed by atoms with van der Waals surface area (Å²) < 4.78 is 32.0. The molecule has 0 amide bonds. The molecule has 0 aliphatic carbocycles. The van der Waals surface area contributed by atoms with Crippen molar-refractivity contribution < 1.29 is 18.3 Å². The summed E-state index contributed by atoms with van der Waals surface area (Å²) >= 11 is 0. The van der Waals surface area contributed by atoms with Crippen LogP contribution in [0.25, 0.3) is 0 Å². The summed E-state index contributed by atoms with van der Waals surface area (Å²) in [7, 11) is 1.41. The van der Waals surface area contributed by atoms with Gasteiger partial charge in [-0.3, -0.25) is 0 Å². The van der Waals surface area contributed by atoms with Crippen molar-refractivity contribution in [1.29, 1.82) is 0 Å². The van der Waals surface area contributed by atoms with E-state index in [-0.39, 0.29) is 5.75 Å². The average molecular weight is 174 g/mol. The van der Waals surface area contributed by atoms with Gasteiger partial charge in [0.1, 0.15) is 11.9 Å². The zero-order valence-electron chi connectivity index (χ0n) is 6.25. The van der Waals surface area contributed by atoms with Crippen LogP contribution in [0, 0.1) is 6.20 Å². The molecule has 1 aromatic rings. The first kappa shape index (κ1) is 8.70. The Bertz CT molecular complexity index is 255. The van der Waals surface area contributed by atoms with E-state index in [1.165, 1.54) is 19.4 Å². The minimum atomic E-state index is -2.87. The second-order valence-corrected chi connectivity index (χ2v) is 1.86. The summed E-state index contributed by atoms with van der Waals surface area (Å²) in [4.78, 5) is 3.50. The summed E-state index contributed by atoms with van der Waals surface area (Å²) in [6.07, 6.45) is 3.59. The van der Waals surface area contributed by atoms with Crippen LogP contribution in [-0.4, -0.2) is 18.7 Å². The molecule has 1 heterocycles. The van der Waals surface area contributed by atoms with Gasteiger partial charge >= 0.3 is 6.61 Å². The minimum absolute atomic E-state index is 0.135. The van der Waals surface area contributed by atoms with Gasteiger partial charge in [0.15, 0.2) is 5.75 Å². The Balaban J connectivity index is 2.72. The largest absolute Gasteiger partial charge is 0.495 e. The van der Waals surface area contributed by atoms with Crippen LogP contribution in [0.4, 0.5) is 8.78 Å². The standard InChI is InChI=1S/C7H6F2NO2/c1-11-5-2-6(4-10-3-5)12-7(8)9/h2-3,7H,1H3. The van der Waals surface area contributed by atoms with Crippen molar-refractivity contribution in [2.24, 2.45) is 0 Å². The third-order valence-corrected chi connectivity index (χ3v) is 1.09. The van der Waals surface area contributed by atoms with Gasteiger partial charge < -0.3 is 9.47 Å². The molecular formula is C7H6F2NO2. The van der Waals surface area contributed by atoms with E-state index in [1.807, 2.05) is 0 Å². The Labute approximate surface area is 67.9 Å². The van der Waals surface area contributed by atoms with Crippen LogP contribution < -0.4 is 9.47 Å². The summed E-state index contributed by atoms with van der Waals surface area (Å²) in [5, 5.41) is 0. The Morgan fingerprint density at radius 2 is 2.33 bits per heavy atom. The lowest BCUT2D eigenvalue weighted by Crippen LogP contribution is -2.02. The lowest BCUT2D eigenvalue weighted by Gasteiger charge is -2.03. The van der Waals surface area contributed by atoms with Gasteiger partial charge in [0, 0.05) is 6.07 Å². The SMILES string of the molecule is COc1cn[c]c(OC(F)F)c1. The smallest absolute Gasteiger partial charge is 0.387 e. The number of ether oxygens (including phenoxy) is 2. The summed E-state index contributed by atoms with van der Waals surface area (Å²) in [5.74, 6) is 0.216. The first-order valence-electron chi connectivity index (χ1n) is 3.09. The molecule has 0 saturated carbocycles. The maximum atomic E-state index is 11.6. The molecule has 0 saturated heterocycles. The normalized spacial score (nSPS) is 10.0. The van der Waals surface area contributed by atoms with Crippen LogP contribution >= 0.6 is 0 Å². The number of hydrogen-bond donors (Lipinski definition) is 0. The van der Waals surface area contributed by atoms with Gasteiger partial charge in [0.25, 0.3) is 0 Å². The first-order valence-corrected chi connectivity index (χ1v) is 3.09. The second kappa shape index (κ2) is 3.85. The fourth-order valence-corrected chi connectivity index (χ4v) is 0.626. The van der Waals surface area contributed by atoms with Crippen molar-refractivity contribution in [2.45, 2.75) is 6.61 Å². The van der Waals surface area contributed by atoms with Crippen molar-refractivity contribution in [1.82, 2.24) is 4.98 Å². The van der Waals surface area contributed by atoms with E-state index in [9.17, 15) is 8.78 Å². The lowest BCUT2D eigenvalue weighted by atomic mass is 10.4. The van der Waals surface area contributed by atoms with Gasteiger partial charge in [0.05, 0.1) is 13.3 Å². The molecule has 0 N–H and O–H groups in total. The number of alkyl halides is 2. The van der Waals surface area contributed by atoms with Crippen molar-refractivity contribution >= 4 is 0 Å². The zero-order valence-corrected chi connectivity index (χ0v) is 6.25. The monoisotopic (exact) mass is 174 g/mol. The van der Waals surface area contributed by atoms with Crippen molar-refractivity contribution in [3.05, 3.63) is 18.5 Å². The second-order valence-electron chi connectivity index (χ2n) is 1.86. The molecule has 0 fully saturated rings. The third kappa shape index (κ3) is 2.34. The lowest BCUT2D eigenvalue weighted by molar-refractivity contribution is -0.0503. The van der Waals surface area contributed by atoms with Gasteiger partial charge in [-0.05, 0) is 0 Å². The molecule has 0 unspecified atom stereocenters. The molecular weight excluding hydrogens is 168 g/mol. The van der Waals surface area contributed by atoms with Crippen LogP contribution in [0.15, 0.2) is 12.3 Å². The summed E-state index contributed by atoms with van der Waals surface area (Å²) in [6.45, 7) is -2.87. The van der Waals surface area contributed by atoms with E-state index >= 15 is 0 Å². The first-order chi connectivity index (χ1) is 5.72. The topological polar surface area (TPSA) is 31.4 Å². The van der Waals surface area contributed by atoms with Gasteiger partial charge in [-0.25, -0.2) is 4.98 Å². The number of nitrogens with zero attached hydrogens (tertiary/aromatic N) is 1. The Hall–Kier alpha value is -1.39. The number of aromatic nitrogens is 1. The van der Waals surface area contributed by atoms with Crippen LogP contribution in [0.3, 0.4) is 0 Å². The van der Waals surface area contributed by atoms with Crippen molar-refractivity contribution in [3.8, 4) is 11.5 Å². The fraction of sp³-hybridized carbons (Fsp3) is 0.286. The van der Waals surface area contributed by atoms with Crippen LogP contribution in [0.1, 0.15) is 0 Å². The van der Waals surface area contributed by atoms with E-state index in [2.05, 4.69) is 15.9 Å². The highest BCUT2D eigenvalue weighted by molar-refractivity contribution is 5.27. The maximum absolute atomic E-state index is 11.6. The van der Waals surface area contributed by atoms with E-state index in [1.54, 1.807) is 0 Å². The van der Waals surface area contributed by atoms with Crippen LogP contribution in [0.2, 0.25) is 0 Å². The van der Waals surface area contributed by atoms with E-state index in [0.717, 1.165) is 0 Å². The zero-order chi connectivity index (χ0) is 8.97. The number of hydrogen-bond acceptors (Lipinski definition) is 3. The molecule has 5 heteroatoms. The molecule has 65 valence electrons. The highest BCUT2D eigenvalue weighted by Crippen LogP contribution is 2.17. The predicted octanol–water partition coefficient (Wildman–Crippen LogP) is 1.49. The maximum Gasteiger partial charge on any atom is 0.387 e. The Morgan fingerprint density at radius 1 is 1.58 bits per heavy atom. The molecule has 1 rings (SSSR count). The Morgan fingerprint density at radius 3 is 2.92 bits per heavy atom. The summed E-state index contributed by atoms with van der Waals surface area (Å²) in [6, 6.07) is 1.28. The third-order valence-electron chi connectivity index (χ3n) is 1.09. The number of methoxy groups -OCH3 is 1. The minimum Gasteiger partial charge on any atom is -0.495 e. The van der Waals surface area contributed by atoms with Crippen molar-refractivity contribution in [3.63, 3.8) is 0 Å². The molecule has 0 aromatic carbocycles. The fourth-order valence-electron chi connectivity index (χ4n) is 0.626. The molecule has 3 nitrogen and oxygen atoms in total. The molecule has 12 heavy (non-hydrogen) atoms. The molecule has 0 spiro atoms. The van der Waals surface area contributed by atoms with Gasteiger partial charge in [-0.15, -0.1) is 0 Å². The molecule has 0 atom stereocenters. The molecule has 0 aliphatic rings. The average Bonchev–Trinajstić information content (AvgIpc) is 2.03. The summed E-state index contributed by atoms with van der Waals surface area (Å²) in [5.41, 5.74) is 0. The quantitative estimate of drug-likeness (QED) is 0.695. The van der Waals surface area contributed by atoms with Crippen molar-refractivity contribution in [2.75, 3.05) is 7.11 Å². The molecule has 0 aliphatic heterocycles. The van der Waals surface area contributed by atoms with Gasteiger partial charge in [-0.2, -0.15) is 8.78 Å². The highest BCUT2D eigenvalue weighted by Gasteiger charge is 2.05. The van der Waals surface area contributed by atoms with E-state index in [0.29, 0.717) is 5.75 Å². The van der Waals surface area contributed by atoms with Crippen LogP contribution in [0.5, 0.6) is 11.5 Å². The predicted molar refractivity (Wildman–Crippen MR) is 36.3 cm³/mol. The van der Waals surface area contributed by atoms with E-state index in [4.69, 9.17) is 4.74 Å². The number of pyridine rings is 1.